The number of nitrogens with zero attached hydrogens (tertiary/aromatic N) is 1. The van der Waals surface area contributed by atoms with E-state index in [2.05, 4.69) is 0 Å². The third kappa shape index (κ3) is 3.00. The number of allylic oxidation sites excluding steroid dienone is 1. The molecule has 0 saturated carbocycles. The summed E-state index contributed by atoms with van der Waals surface area (Å²) in [6.07, 6.45) is 3.09. The van der Waals surface area contributed by atoms with E-state index < -0.39 is 4.92 Å². The van der Waals surface area contributed by atoms with Crippen molar-refractivity contribution in [1.82, 2.24) is 0 Å². The Morgan fingerprint density at radius 2 is 2.00 bits per heavy atom. The van der Waals surface area contributed by atoms with Crippen LogP contribution in [0, 0.1) is 24.0 Å². The highest BCUT2D eigenvalue weighted by Gasteiger charge is 2.16. The standard InChI is InChI=1S/C15H13NO3S/c1-10-9-12(11(2)20-10)7-8-15(17)13-5-3-4-6-14(13)16(18)19/h3-9H,1-2H3/b8-7+. The molecule has 1 aromatic heterocycles. The Labute approximate surface area is 120 Å². The zero-order valence-corrected chi connectivity index (χ0v) is 11.9. The summed E-state index contributed by atoms with van der Waals surface area (Å²) in [5.41, 5.74) is 0.915. The van der Waals surface area contributed by atoms with Crippen molar-refractivity contribution in [2.45, 2.75) is 13.8 Å². The summed E-state index contributed by atoms with van der Waals surface area (Å²) >= 11 is 1.65. The number of carbonyl (C=O) groups excluding carboxylic acids is 1. The normalized spacial score (nSPS) is 10.9. The summed E-state index contributed by atoms with van der Waals surface area (Å²) in [5.74, 6) is -0.361. The summed E-state index contributed by atoms with van der Waals surface area (Å²) in [6.45, 7) is 3.98. The van der Waals surface area contributed by atoms with Crippen LogP contribution >= 0.6 is 11.3 Å². The van der Waals surface area contributed by atoms with Gasteiger partial charge >= 0.3 is 0 Å². The van der Waals surface area contributed by atoms with E-state index in [1.165, 1.54) is 23.1 Å². The molecule has 4 nitrogen and oxygen atoms in total. The number of thiophene rings is 1. The van der Waals surface area contributed by atoms with Crippen molar-refractivity contribution >= 4 is 28.9 Å². The average Bonchev–Trinajstić information content (AvgIpc) is 2.74. The first-order valence-corrected chi connectivity index (χ1v) is 6.83. The van der Waals surface area contributed by atoms with Crippen LogP contribution in [0.1, 0.15) is 25.7 Å². The topological polar surface area (TPSA) is 60.2 Å². The number of aryl methyl sites for hydroxylation is 2. The molecule has 2 aromatic rings. The number of nitro groups is 1. The lowest BCUT2D eigenvalue weighted by atomic mass is 10.1. The molecule has 0 atom stereocenters. The molecule has 2 rings (SSSR count). The van der Waals surface area contributed by atoms with Crippen molar-refractivity contribution in [2.75, 3.05) is 0 Å². The van der Waals surface area contributed by atoms with Crippen LogP contribution in [-0.4, -0.2) is 10.7 Å². The van der Waals surface area contributed by atoms with Gasteiger partial charge in [0.05, 0.1) is 10.5 Å². The summed E-state index contributed by atoms with van der Waals surface area (Å²) in [6, 6.07) is 7.96. The van der Waals surface area contributed by atoms with Crippen LogP contribution in [0.3, 0.4) is 0 Å². The minimum absolute atomic E-state index is 0.110. The number of para-hydroxylation sites is 1. The zero-order valence-electron chi connectivity index (χ0n) is 11.1. The third-order valence-corrected chi connectivity index (χ3v) is 3.84. The molecular weight excluding hydrogens is 274 g/mol. The van der Waals surface area contributed by atoms with E-state index in [9.17, 15) is 14.9 Å². The molecule has 0 N–H and O–H groups in total. The lowest BCUT2D eigenvalue weighted by Gasteiger charge is -1.98. The average molecular weight is 287 g/mol. The highest BCUT2D eigenvalue weighted by Crippen LogP contribution is 2.23. The van der Waals surface area contributed by atoms with Gasteiger partial charge in [0.2, 0.25) is 0 Å². The quantitative estimate of drug-likeness (QED) is 0.367. The lowest BCUT2D eigenvalue weighted by Crippen LogP contribution is -2.00. The van der Waals surface area contributed by atoms with Gasteiger partial charge in [-0.1, -0.05) is 12.1 Å². The van der Waals surface area contributed by atoms with Gasteiger partial charge in [0.1, 0.15) is 0 Å². The Morgan fingerprint density at radius 1 is 1.30 bits per heavy atom. The molecule has 20 heavy (non-hydrogen) atoms. The number of rotatable bonds is 4. The van der Waals surface area contributed by atoms with Crippen molar-refractivity contribution in [3.8, 4) is 0 Å². The summed E-state index contributed by atoms with van der Waals surface area (Å²) < 4.78 is 0. The number of carbonyl (C=O) groups is 1. The maximum atomic E-state index is 12.1. The van der Waals surface area contributed by atoms with Crippen molar-refractivity contribution in [1.29, 1.82) is 0 Å². The Balaban J connectivity index is 2.29. The summed E-state index contributed by atoms with van der Waals surface area (Å²) in [7, 11) is 0. The molecule has 0 saturated heterocycles. The zero-order chi connectivity index (χ0) is 14.7. The van der Waals surface area contributed by atoms with Crippen LogP contribution in [0.2, 0.25) is 0 Å². The number of benzene rings is 1. The molecule has 0 unspecified atom stereocenters. The van der Waals surface area contributed by atoms with Gasteiger partial charge in [-0.2, -0.15) is 0 Å². The molecule has 102 valence electrons. The summed E-state index contributed by atoms with van der Waals surface area (Å²) in [4.78, 5) is 24.7. The Bertz CT molecular complexity index is 701. The van der Waals surface area contributed by atoms with Crippen molar-refractivity contribution in [3.05, 3.63) is 67.4 Å². The second-order valence-corrected chi connectivity index (χ2v) is 5.80. The van der Waals surface area contributed by atoms with Crippen molar-refractivity contribution in [3.63, 3.8) is 0 Å². The van der Waals surface area contributed by atoms with E-state index >= 15 is 0 Å². The molecule has 0 bridgehead atoms. The molecule has 0 fully saturated rings. The van der Waals surface area contributed by atoms with Gasteiger partial charge in [-0.15, -0.1) is 11.3 Å². The molecule has 5 heteroatoms. The number of hydrogen-bond acceptors (Lipinski definition) is 4. The second kappa shape index (κ2) is 5.79. The predicted molar refractivity (Wildman–Crippen MR) is 80.3 cm³/mol. The van der Waals surface area contributed by atoms with Crippen LogP contribution in [0.5, 0.6) is 0 Å². The number of nitro benzene ring substituents is 1. The largest absolute Gasteiger partial charge is 0.289 e. The summed E-state index contributed by atoms with van der Waals surface area (Å²) in [5, 5.41) is 10.9. The Hall–Kier alpha value is -2.27. The minimum atomic E-state index is -0.541. The molecule has 0 aliphatic rings. The molecule has 0 aliphatic heterocycles. The molecular formula is C15H13NO3S. The second-order valence-electron chi connectivity index (χ2n) is 4.34. The van der Waals surface area contributed by atoms with E-state index in [1.807, 2.05) is 19.9 Å². The predicted octanol–water partition coefficient (Wildman–Crippen LogP) is 4.17. The van der Waals surface area contributed by atoms with E-state index in [-0.39, 0.29) is 17.0 Å². The van der Waals surface area contributed by atoms with Crippen LogP contribution in [0.4, 0.5) is 5.69 Å². The van der Waals surface area contributed by atoms with Gasteiger partial charge < -0.3 is 0 Å². The molecule has 1 heterocycles. The third-order valence-electron chi connectivity index (χ3n) is 2.86. The smallest absolute Gasteiger partial charge is 0.280 e. The monoisotopic (exact) mass is 287 g/mol. The molecule has 1 aromatic carbocycles. The first kappa shape index (κ1) is 14.1. The Morgan fingerprint density at radius 3 is 2.60 bits per heavy atom. The van der Waals surface area contributed by atoms with E-state index in [4.69, 9.17) is 0 Å². The van der Waals surface area contributed by atoms with Gasteiger partial charge in [0, 0.05) is 15.8 Å². The number of ketones is 1. The number of hydrogen-bond donors (Lipinski definition) is 0. The van der Waals surface area contributed by atoms with E-state index in [1.54, 1.807) is 29.5 Å². The van der Waals surface area contributed by atoms with Gasteiger partial charge in [0.15, 0.2) is 5.78 Å². The van der Waals surface area contributed by atoms with Crippen molar-refractivity contribution in [2.24, 2.45) is 0 Å². The minimum Gasteiger partial charge on any atom is -0.289 e. The van der Waals surface area contributed by atoms with Crippen LogP contribution in [0.25, 0.3) is 6.08 Å². The van der Waals surface area contributed by atoms with E-state index in [0.29, 0.717) is 0 Å². The molecule has 0 radical (unpaired) electrons. The van der Waals surface area contributed by atoms with Gasteiger partial charge in [-0.25, -0.2) is 0 Å². The van der Waals surface area contributed by atoms with E-state index in [0.717, 1.165) is 10.4 Å². The Kier molecular flexibility index (Phi) is 4.10. The first-order chi connectivity index (χ1) is 9.49. The lowest BCUT2D eigenvalue weighted by molar-refractivity contribution is -0.385. The van der Waals surface area contributed by atoms with Gasteiger partial charge in [0.25, 0.3) is 5.69 Å². The SMILES string of the molecule is Cc1cc(/C=C/C(=O)c2ccccc2[N+](=O)[O-])c(C)s1. The van der Waals surface area contributed by atoms with Crippen molar-refractivity contribution < 1.29 is 9.72 Å². The molecule has 0 amide bonds. The maximum Gasteiger partial charge on any atom is 0.280 e. The highest BCUT2D eigenvalue weighted by molar-refractivity contribution is 7.12. The van der Waals surface area contributed by atoms with Gasteiger partial charge in [-0.05, 0) is 43.7 Å². The molecule has 0 spiro atoms. The molecule has 0 aliphatic carbocycles. The van der Waals surface area contributed by atoms with Gasteiger partial charge in [-0.3, -0.25) is 14.9 Å². The fourth-order valence-electron chi connectivity index (χ4n) is 1.91. The van der Waals surface area contributed by atoms with Crippen LogP contribution in [0.15, 0.2) is 36.4 Å². The fraction of sp³-hybridized carbons (Fsp3) is 0.133. The van der Waals surface area contributed by atoms with Crippen LogP contribution < -0.4 is 0 Å². The maximum absolute atomic E-state index is 12.1. The van der Waals surface area contributed by atoms with Crippen LogP contribution in [-0.2, 0) is 0 Å². The highest BCUT2D eigenvalue weighted by atomic mass is 32.1. The fourth-order valence-corrected chi connectivity index (χ4v) is 2.83. The first-order valence-electron chi connectivity index (χ1n) is 6.02.